The standard InChI is InChI=1S/C14H18ClFN2S2/c1-20-7-5-3-2-4-6-18-13-9-11(16)10(15)8-12(13)17-14(18)19/h8-9H,2-7H2,1H3,(H,17,19). The van der Waals surface area contributed by atoms with Crippen LogP contribution in [0.5, 0.6) is 0 Å². The number of halogens is 2. The minimum Gasteiger partial charge on any atom is -0.331 e. The second kappa shape index (κ2) is 7.48. The van der Waals surface area contributed by atoms with E-state index < -0.39 is 5.82 Å². The number of fused-ring (bicyclic) bond motifs is 1. The smallest absolute Gasteiger partial charge is 0.178 e. The molecule has 0 atom stereocenters. The minimum absolute atomic E-state index is 0.123. The number of hydrogen-bond acceptors (Lipinski definition) is 2. The Hall–Kier alpha value is -0.520. The van der Waals surface area contributed by atoms with Crippen LogP contribution in [-0.2, 0) is 6.54 Å². The molecule has 1 aromatic heterocycles. The monoisotopic (exact) mass is 332 g/mol. The van der Waals surface area contributed by atoms with E-state index in [0.717, 1.165) is 24.0 Å². The van der Waals surface area contributed by atoms with E-state index in [2.05, 4.69) is 11.2 Å². The van der Waals surface area contributed by atoms with Crippen LogP contribution >= 0.6 is 35.6 Å². The fourth-order valence-corrected chi connectivity index (χ4v) is 3.20. The van der Waals surface area contributed by atoms with E-state index >= 15 is 0 Å². The van der Waals surface area contributed by atoms with E-state index in [-0.39, 0.29) is 5.02 Å². The number of imidazole rings is 1. The van der Waals surface area contributed by atoms with Crippen molar-refractivity contribution in [2.24, 2.45) is 0 Å². The lowest BCUT2D eigenvalue weighted by atomic mass is 10.2. The maximum Gasteiger partial charge on any atom is 0.178 e. The molecule has 0 spiro atoms. The normalized spacial score (nSPS) is 11.3. The van der Waals surface area contributed by atoms with Gasteiger partial charge in [-0.05, 0) is 43.1 Å². The Labute approximate surface area is 132 Å². The van der Waals surface area contributed by atoms with E-state index in [4.69, 9.17) is 23.8 Å². The van der Waals surface area contributed by atoms with Gasteiger partial charge in [0, 0.05) is 12.6 Å². The van der Waals surface area contributed by atoms with Crippen LogP contribution in [0.25, 0.3) is 11.0 Å². The zero-order valence-electron chi connectivity index (χ0n) is 11.4. The molecule has 1 aromatic carbocycles. The van der Waals surface area contributed by atoms with Crippen molar-refractivity contribution in [1.29, 1.82) is 0 Å². The molecule has 0 aliphatic heterocycles. The molecule has 0 saturated carbocycles. The van der Waals surface area contributed by atoms with Crippen molar-refractivity contribution in [2.75, 3.05) is 12.0 Å². The predicted molar refractivity (Wildman–Crippen MR) is 88.9 cm³/mol. The van der Waals surface area contributed by atoms with Crippen molar-refractivity contribution >= 4 is 46.6 Å². The van der Waals surface area contributed by atoms with Gasteiger partial charge in [-0.3, -0.25) is 0 Å². The zero-order chi connectivity index (χ0) is 14.5. The number of rotatable bonds is 7. The number of unbranched alkanes of at least 4 members (excludes halogenated alkanes) is 3. The minimum atomic E-state index is -0.401. The van der Waals surface area contributed by atoms with E-state index in [9.17, 15) is 4.39 Å². The summed E-state index contributed by atoms with van der Waals surface area (Å²) in [4.78, 5) is 3.08. The molecule has 1 N–H and O–H groups in total. The molecular formula is C14H18ClFN2S2. The fraction of sp³-hybridized carbons (Fsp3) is 0.500. The molecule has 0 aliphatic carbocycles. The SMILES string of the molecule is CSCCCCCCn1c(=S)[nH]c2cc(Cl)c(F)cc21. The Morgan fingerprint density at radius 1 is 1.30 bits per heavy atom. The highest BCUT2D eigenvalue weighted by molar-refractivity contribution is 7.98. The number of nitrogens with one attached hydrogen (secondary N) is 1. The van der Waals surface area contributed by atoms with Crippen LogP contribution in [0.2, 0.25) is 5.02 Å². The first-order chi connectivity index (χ1) is 9.63. The summed E-state index contributed by atoms with van der Waals surface area (Å²) in [6.45, 7) is 0.819. The number of aromatic nitrogens is 2. The molecule has 0 radical (unpaired) electrons. The van der Waals surface area contributed by atoms with Gasteiger partial charge >= 0.3 is 0 Å². The van der Waals surface area contributed by atoms with Crippen LogP contribution in [-0.4, -0.2) is 21.6 Å². The summed E-state index contributed by atoms with van der Waals surface area (Å²) in [5.74, 6) is 0.817. The topological polar surface area (TPSA) is 20.7 Å². The molecule has 0 bridgehead atoms. The average Bonchev–Trinajstić information content (AvgIpc) is 2.70. The van der Waals surface area contributed by atoms with Crippen LogP contribution in [0.3, 0.4) is 0 Å². The third kappa shape index (κ3) is 3.77. The first-order valence-electron chi connectivity index (χ1n) is 6.70. The summed E-state index contributed by atoms with van der Waals surface area (Å²) in [5, 5.41) is 0.123. The Kier molecular flexibility index (Phi) is 5.93. The highest BCUT2D eigenvalue weighted by atomic mass is 35.5. The van der Waals surface area contributed by atoms with Crippen molar-refractivity contribution in [3.63, 3.8) is 0 Å². The van der Waals surface area contributed by atoms with Gasteiger partial charge in [0.1, 0.15) is 5.82 Å². The van der Waals surface area contributed by atoms with Gasteiger partial charge in [0.15, 0.2) is 4.77 Å². The van der Waals surface area contributed by atoms with Crippen LogP contribution in [0.15, 0.2) is 12.1 Å². The van der Waals surface area contributed by atoms with Crippen LogP contribution in [0.1, 0.15) is 25.7 Å². The summed E-state index contributed by atoms with van der Waals surface area (Å²) >= 11 is 13.0. The molecule has 0 unspecified atom stereocenters. The van der Waals surface area contributed by atoms with Crippen molar-refractivity contribution in [2.45, 2.75) is 32.2 Å². The Bertz CT molecular complexity index is 636. The molecule has 20 heavy (non-hydrogen) atoms. The second-order valence-electron chi connectivity index (χ2n) is 4.77. The molecule has 0 fully saturated rings. The molecule has 2 aromatic rings. The molecular weight excluding hydrogens is 315 g/mol. The maximum absolute atomic E-state index is 13.6. The second-order valence-corrected chi connectivity index (χ2v) is 6.55. The van der Waals surface area contributed by atoms with Gasteiger partial charge in [0.05, 0.1) is 16.1 Å². The molecule has 110 valence electrons. The molecule has 0 saturated heterocycles. The van der Waals surface area contributed by atoms with Crippen LogP contribution < -0.4 is 0 Å². The van der Waals surface area contributed by atoms with Crippen LogP contribution in [0, 0.1) is 10.6 Å². The quantitative estimate of drug-likeness (QED) is 0.540. The summed E-state index contributed by atoms with van der Waals surface area (Å²) in [5.41, 5.74) is 1.59. The van der Waals surface area contributed by atoms with Gasteiger partial charge in [-0.15, -0.1) is 0 Å². The van der Waals surface area contributed by atoms with E-state index in [1.165, 1.54) is 31.1 Å². The summed E-state index contributed by atoms with van der Waals surface area (Å²) in [7, 11) is 0. The number of thioether (sulfide) groups is 1. The highest BCUT2D eigenvalue weighted by Crippen LogP contribution is 2.23. The molecule has 2 rings (SSSR count). The largest absolute Gasteiger partial charge is 0.331 e. The Morgan fingerprint density at radius 2 is 2.05 bits per heavy atom. The molecule has 0 aliphatic rings. The molecule has 0 amide bonds. The number of benzene rings is 1. The zero-order valence-corrected chi connectivity index (χ0v) is 13.8. The van der Waals surface area contributed by atoms with Gasteiger partial charge in [-0.2, -0.15) is 11.8 Å². The number of H-pyrrole nitrogens is 1. The lowest BCUT2D eigenvalue weighted by Gasteiger charge is -2.05. The van der Waals surface area contributed by atoms with Gasteiger partial charge in [0.25, 0.3) is 0 Å². The summed E-state index contributed by atoms with van der Waals surface area (Å²) in [6.07, 6.45) is 6.84. The summed E-state index contributed by atoms with van der Waals surface area (Å²) < 4.78 is 16.2. The van der Waals surface area contributed by atoms with Crippen molar-refractivity contribution in [3.05, 3.63) is 27.7 Å². The van der Waals surface area contributed by atoms with E-state index in [0.29, 0.717) is 4.77 Å². The lowest BCUT2D eigenvalue weighted by molar-refractivity contribution is 0.587. The molecule has 6 heteroatoms. The maximum atomic E-state index is 13.6. The first-order valence-corrected chi connectivity index (χ1v) is 8.88. The van der Waals surface area contributed by atoms with Gasteiger partial charge < -0.3 is 9.55 Å². The van der Waals surface area contributed by atoms with Crippen molar-refractivity contribution in [1.82, 2.24) is 9.55 Å². The predicted octanol–water partition coefficient (Wildman–Crippen LogP) is 5.41. The van der Waals surface area contributed by atoms with Crippen molar-refractivity contribution in [3.8, 4) is 0 Å². The molecule has 1 heterocycles. The van der Waals surface area contributed by atoms with Gasteiger partial charge in [-0.25, -0.2) is 4.39 Å². The Morgan fingerprint density at radius 3 is 2.80 bits per heavy atom. The van der Waals surface area contributed by atoms with E-state index in [1.54, 1.807) is 6.07 Å². The number of nitrogens with zero attached hydrogens (tertiary/aromatic N) is 1. The van der Waals surface area contributed by atoms with Gasteiger partial charge in [-0.1, -0.05) is 24.4 Å². The lowest BCUT2D eigenvalue weighted by Crippen LogP contribution is -1.98. The molecule has 2 nitrogen and oxygen atoms in total. The third-order valence-corrected chi connectivity index (χ3v) is 4.61. The third-order valence-electron chi connectivity index (χ3n) is 3.30. The fourth-order valence-electron chi connectivity index (χ4n) is 2.24. The average molecular weight is 333 g/mol. The van der Waals surface area contributed by atoms with Gasteiger partial charge in [0.2, 0.25) is 0 Å². The number of aromatic amines is 1. The van der Waals surface area contributed by atoms with Crippen molar-refractivity contribution < 1.29 is 4.39 Å². The summed E-state index contributed by atoms with van der Waals surface area (Å²) in [6, 6.07) is 3.05. The number of hydrogen-bond donors (Lipinski definition) is 1. The van der Waals surface area contributed by atoms with Crippen LogP contribution in [0.4, 0.5) is 4.39 Å². The number of aryl methyl sites for hydroxylation is 1. The Balaban J connectivity index is 2.04. The first kappa shape index (κ1) is 15.9. The van der Waals surface area contributed by atoms with E-state index in [1.807, 2.05) is 16.3 Å². The highest BCUT2D eigenvalue weighted by Gasteiger charge is 2.08.